The zero-order valence-electron chi connectivity index (χ0n) is 6.78. The molecule has 0 aromatic heterocycles. The highest BCUT2D eigenvalue weighted by molar-refractivity contribution is 5.87. The van der Waals surface area contributed by atoms with Gasteiger partial charge >= 0.3 is 0 Å². The lowest BCUT2D eigenvalue weighted by atomic mass is 10.1. The zero-order chi connectivity index (χ0) is 8.97. The minimum Gasteiger partial charge on any atom is -0.545 e. The second-order valence-corrected chi connectivity index (χ2v) is 2.51. The fourth-order valence-corrected chi connectivity index (χ4v) is 0.961. The molecule has 2 heteroatoms. The van der Waals surface area contributed by atoms with Crippen LogP contribution in [0.5, 0.6) is 0 Å². The molecule has 0 radical (unpaired) electrons. The molecular formula is C10H9O2-. The van der Waals surface area contributed by atoms with E-state index in [1.165, 1.54) is 0 Å². The third kappa shape index (κ3) is 2.23. The minimum atomic E-state index is -1.16. The summed E-state index contributed by atoms with van der Waals surface area (Å²) in [5, 5.41) is 10.2. The maximum atomic E-state index is 10.2. The Morgan fingerprint density at radius 1 is 1.33 bits per heavy atom. The molecule has 0 bridgehead atoms. The second kappa shape index (κ2) is 3.72. The van der Waals surface area contributed by atoms with Crippen molar-refractivity contribution in [2.45, 2.75) is 6.92 Å². The van der Waals surface area contributed by atoms with E-state index in [0.717, 1.165) is 11.6 Å². The van der Waals surface area contributed by atoms with Crippen molar-refractivity contribution < 1.29 is 9.90 Å². The van der Waals surface area contributed by atoms with Crippen LogP contribution in [0.25, 0.3) is 5.57 Å². The SMILES string of the molecule is CC(=CC(=O)[O-])c1ccccc1. The van der Waals surface area contributed by atoms with Gasteiger partial charge in [0.2, 0.25) is 0 Å². The molecule has 2 nitrogen and oxygen atoms in total. The molecule has 0 atom stereocenters. The number of hydrogen-bond donors (Lipinski definition) is 0. The molecule has 1 aromatic rings. The molecule has 0 spiro atoms. The first-order chi connectivity index (χ1) is 5.70. The molecular weight excluding hydrogens is 152 g/mol. The monoisotopic (exact) mass is 161 g/mol. The lowest BCUT2D eigenvalue weighted by Gasteiger charge is -2.00. The quantitative estimate of drug-likeness (QED) is 0.603. The van der Waals surface area contributed by atoms with E-state index in [2.05, 4.69) is 0 Å². The van der Waals surface area contributed by atoms with Crippen molar-refractivity contribution in [3.05, 3.63) is 42.0 Å². The van der Waals surface area contributed by atoms with Crippen LogP contribution in [0.15, 0.2) is 36.4 Å². The maximum Gasteiger partial charge on any atom is 0.0645 e. The van der Waals surface area contributed by atoms with Crippen LogP contribution >= 0.6 is 0 Å². The van der Waals surface area contributed by atoms with Gasteiger partial charge in [-0.3, -0.25) is 0 Å². The summed E-state index contributed by atoms with van der Waals surface area (Å²) in [6.07, 6.45) is 1.09. The van der Waals surface area contributed by atoms with Gasteiger partial charge in [-0.1, -0.05) is 30.3 Å². The van der Waals surface area contributed by atoms with Crippen LogP contribution in [0.2, 0.25) is 0 Å². The van der Waals surface area contributed by atoms with Crippen molar-refractivity contribution >= 4 is 11.5 Å². The first-order valence-corrected chi connectivity index (χ1v) is 3.65. The molecule has 0 aliphatic heterocycles. The minimum absolute atomic E-state index is 0.704. The van der Waals surface area contributed by atoms with E-state index in [0.29, 0.717) is 5.57 Å². The summed E-state index contributed by atoms with van der Waals surface area (Å²) >= 11 is 0. The van der Waals surface area contributed by atoms with E-state index in [4.69, 9.17) is 0 Å². The number of aliphatic carboxylic acids is 1. The summed E-state index contributed by atoms with van der Waals surface area (Å²) < 4.78 is 0. The number of hydrogen-bond acceptors (Lipinski definition) is 2. The Morgan fingerprint density at radius 2 is 1.92 bits per heavy atom. The first kappa shape index (κ1) is 8.53. The van der Waals surface area contributed by atoms with Crippen LogP contribution in [-0.4, -0.2) is 5.97 Å². The lowest BCUT2D eigenvalue weighted by molar-refractivity contribution is -0.297. The molecule has 0 aliphatic carbocycles. The normalized spacial score (nSPS) is 11.2. The third-order valence-corrected chi connectivity index (χ3v) is 1.56. The number of rotatable bonds is 2. The Labute approximate surface area is 71.2 Å². The van der Waals surface area contributed by atoms with Crippen molar-refractivity contribution in [3.8, 4) is 0 Å². The average Bonchev–Trinajstić information content (AvgIpc) is 2.05. The topological polar surface area (TPSA) is 40.1 Å². The Kier molecular flexibility index (Phi) is 2.64. The van der Waals surface area contributed by atoms with E-state index in [1.54, 1.807) is 6.92 Å². The first-order valence-electron chi connectivity index (χ1n) is 3.65. The predicted octanol–water partition coefficient (Wildman–Crippen LogP) is 0.840. The molecule has 0 fully saturated rings. The average molecular weight is 161 g/mol. The molecule has 1 rings (SSSR count). The number of benzene rings is 1. The number of carboxylic acid groups (broad SMARTS) is 1. The van der Waals surface area contributed by atoms with Gasteiger partial charge in [-0.2, -0.15) is 0 Å². The number of carboxylic acids is 1. The molecule has 0 N–H and O–H groups in total. The standard InChI is InChI=1S/C10H10O2/c1-8(7-10(11)12)9-5-3-2-4-6-9/h2-7H,1H3,(H,11,12)/p-1. The van der Waals surface area contributed by atoms with Gasteiger partial charge in [0, 0.05) is 0 Å². The largest absolute Gasteiger partial charge is 0.545 e. The van der Waals surface area contributed by atoms with Gasteiger partial charge in [0.15, 0.2) is 0 Å². The van der Waals surface area contributed by atoms with Gasteiger partial charge in [0.25, 0.3) is 0 Å². The van der Waals surface area contributed by atoms with E-state index < -0.39 is 5.97 Å². The summed E-state index contributed by atoms with van der Waals surface area (Å²) in [5.41, 5.74) is 1.61. The van der Waals surface area contributed by atoms with Gasteiger partial charge in [-0.15, -0.1) is 0 Å². The van der Waals surface area contributed by atoms with E-state index in [1.807, 2.05) is 30.3 Å². The van der Waals surface area contributed by atoms with Crippen LogP contribution in [0.4, 0.5) is 0 Å². The van der Waals surface area contributed by atoms with Crippen molar-refractivity contribution in [1.82, 2.24) is 0 Å². The summed E-state index contributed by atoms with van der Waals surface area (Å²) in [5.74, 6) is -1.16. The van der Waals surface area contributed by atoms with Crippen LogP contribution in [0.1, 0.15) is 12.5 Å². The summed E-state index contributed by atoms with van der Waals surface area (Å²) in [7, 11) is 0. The van der Waals surface area contributed by atoms with Crippen LogP contribution in [0, 0.1) is 0 Å². The lowest BCUT2D eigenvalue weighted by Crippen LogP contribution is -2.19. The zero-order valence-corrected chi connectivity index (χ0v) is 6.78. The third-order valence-electron chi connectivity index (χ3n) is 1.56. The van der Waals surface area contributed by atoms with Crippen LogP contribution < -0.4 is 5.11 Å². The predicted molar refractivity (Wildman–Crippen MR) is 45.1 cm³/mol. The van der Waals surface area contributed by atoms with E-state index in [9.17, 15) is 9.90 Å². The van der Waals surface area contributed by atoms with E-state index >= 15 is 0 Å². The Balaban J connectivity index is 2.93. The molecule has 0 amide bonds. The molecule has 0 aliphatic rings. The molecule has 0 saturated heterocycles. The molecule has 62 valence electrons. The Morgan fingerprint density at radius 3 is 2.42 bits per heavy atom. The van der Waals surface area contributed by atoms with Crippen LogP contribution in [0.3, 0.4) is 0 Å². The van der Waals surface area contributed by atoms with Crippen LogP contribution in [-0.2, 0) is 4.79 Å². The number of carbonyl (C=O) groups excluding carboxylic acids is 1. The van der Waals surface area contributed by atoms with Crippen molar-refractivity contribution in [2.75, 3.05) is 0 Å². The van der Waals surface area contributed by atoms with Crippen molar-refractivity contribution in [2.24, 2.45) is 0 Å². The summed E-state index contributed by atoms with van der Waals surface area (Å²) in [6, 6.07) is 9.32. The molecule has 1 aromatic carbocycles. The van der Waals surface area contributed by atoms with Gasteiger partial charge < -0.3 is 9.90 Å². The van der Waals surface area contributed by atoms with E-state index in [-0.39, 0.29) is 0 Å². The van der Waals surface area contributed by atoms with Gasteiger partial charge in [-0.05, 0) is 24.1 Å². The second-order valence-electron chi connectivity index (χ2n) is 2.51. The highest BCUT2D eigenvalue weighted by Crippen LogP contribution is 2.11. The van der Waals surface area contributed by atoms with Gasteiger partial charge in [0.05, 0.1) is 5.97 Å². The summed E-state index contributed by atoms with van der Waals surface area (Å²) in [6.45, 7) is 1.74. The molecule has 0 saturated carbocycles. The molecule has 12 heavy (non-hydrogen) atoms. The fourth-order valence-electron chi connectivity index (χ4n) is 0.961. The van der Waals surface area contributed by atoms with Crippen molar-refractivity contribution in [3.63, 3.8) is 0 Å². The molecule has 0 unspecified atom stereocenters. The Hall–Kier alpha value is -1.57. The van der Waals surface area contributed by atoms with Crippen molar-refractivity contribution in [1.29, 1.82) is 0 Å². The maximum absolute atomic E-state index is 10.2. The number of allylic oxidation sites excluding steroid dienone is 1. The highest BCUT2D eigenvalue weighted by Gasteiger charge is 1.91. The fraction of sp³-hybridized carbons (Fsp3) is 0.100. The number of carbonyl (C=O) groups is 1. The Bertz CT molecular complexity index is 299. The summed E-state index contributed by atoms with van der Waals surface area (Å²) in [4.78, 5) is 10.2. The van der Waals surface area contributed by atoms with Gasteiger partial charge in [0.1, 0.15) is 0 Å². The highest BCUT2D eigenvalue weighted by atomic mass is 16.4. The van der Waals surface area contributed by atoms with Gasteiger partial charge in [-0.25, -0.2) is 0 Å². The smallest absolute Gasteiger partial charge is 0.0645 e. The molecule has 0 heterocycles.